The summed E-state index contributed by atoms with van der Waals surface area (Å²) in [5, 5.41) is 12.3. The van der Waals surface area contributed by atoms with Gasteiger partial charge >= 0.3 is 18.2 Å². The van der Waals surface area contributed by atoms with Gasteiger partial charge in [-0.25, -0.2) is 14.8 Å². The van der Waals surface area contributed by atoms with Gasteiger partial charge in [0.2, 0.25) is 5.95 Å². The van der Waals surface area contributed by atoms with E-state index in [-0.39, 0.29) is 36.8 Å². The molecule has 0 bridgehead atoms. The molecule has 0 radical (unpaired) electrons. The number of hydrogen-bond donors (Lipinski definition) is 2. The molecule has 2 heterocycles. The number of rotatable bonds is 9. The molecule has 0 atom stereocenters. The Morgan fingerprint density at radius 3 is 2.41 bits per heavy atom. The summed E-state index contributed by atoms with van der Waals surface area (Å²) >= 11 is 0. The van der Waals surface area contributed by atoms with Gasteiger partial charge in [0.1, 0.15) is 0 Å². The number of aromatic nitrogens is 2. The van der Waals surface area contributed by atoms with E-state index in [4.69, 9.17) is 4.74 Å². The largest absolute Gasteiger partial charge is 0.469 e. The van der Waals surface area contributed by atoms with Gasteiger partial charge in [-0.2, -0.15) is 13.2 Å². The molecule has 2 N–H and O–H groups in total. The summed E-state index contributed by atoms with van der Waals surface area (Å²) < 4.78 is 46.3. The zero-order valence-corrected chi connectivity index (χ0v) is 23.0. The molecule has 2 aromatic carbocycles. The fraction of sp³-hybridized carbons (Fsp3) is 0.400. The highest BCUT2D eigenvalue weighted by atomic mass is 19.4. The van der Waals surface area contributed by atoms with Crippen molar-refractivity contribution in [3.63, 3.8) is 0 Å². The summed E-state index contributed by atoms with van der Waals surface area (Å²) in [5.41, 5.74) is 3.18. The molecular weight excluding hydrogens is 537 g/mol. The number of likely N-dealkylation sites (tertiary alicyclic amines) is 1. The number of carbonyl (C=O) groups is 2. The summed E-state index contributed by atoms with van der Waals surface area (Å²) in [4.78, 5) is 32.7. The van der Waals surface area contributed by atoms with Crippen LogP contribution in [0, 0.1) is 0 Å². The van der Waals surface area contributed by atoms with Crippen LogP contribution in [0.4, 0.5) is 29.6 Å². The second kappa shape index (κ2) is 13.0. The SMILES string of the molecule is CCc1cc(C2CCN(C(=O)O)CC2)ccc1Nc1ncc(C(F)(F)F)c(CCc2ccccc2CC(=O)OC)n1. The van der Waals surface area contributed by atoms with Crippen LogP contribution in [-0.2, 0) is 41.4 Å². The van der Waals surface area contributed by atoms with E-state index >= 15 is 0 Å². The Morgan fingerprint density at radius 1 is 1.07 bits per heavy atom. The minimum atomic E-state index is -4.62. The molecule has 4 rings (SSSR count). The van der Waals surface area contributed by atoms with E-state index in [1.807, 2.05) is 19.1 Å². The molecule has 1 fully saturated rings. The smallest absolute Gasteiger partial charge is 0.419 e. The molecule has 1 saturated heterocycles. The van der Waals surface area contributed by atoms with Gasteiger partial charge in [0.05, 0.1) is 24.8 Å². The number of carbonyl (C=O) groups excluding carboxylic acids is 1. The number of benzene rings is 2. The maximum atomic E-state index is 13.8. The highest BCUT2D eigenvalue weighted by Crippen LogP contribution is 2.34. The third-order valence-electron chi connectivity index (χ3n) is 7.48. The maximum Gasteiger partial charge on any atom is 0.419 e. The molecule has 0 saturated carbocycles. The fourth-order valence-electron chi connectivity index (χ4n) is 5.17. The minimum absolute atomic E-state index is 0.00115. The van der Waals surface area contributed by atoms with E-state index in [1.54, 1.807) is 24.3 Å². The van der Waals surface area contributed by atoms with Gasteiger partial charge in [-0.1, -0.05) is 43.3 Å². The first-order valence-corrected chi connectivity index (χ1v) is 13.5. The van der Waals surface area contributed by atoms with E-state index in [1.165, 1.54) is 12.0 Å². The summed E-state index contributed by atoms with van der Waals surface area (Å²) in [6, 6.07) is 13.0. The van der Waals surface area contributed by atoms with Gasteiger partial charge < -0.3 is 20.1 Å². The second-order valence-corrected chi connectivity index (χ2v) is 10.0. The Morgan fingerprint density at radius 2 is 1.78 bits per heavy atom. The van der Waals surface area contributed by atoms with Crippen LogP contribution in [0.1, 0.15) is 59.2 Å². The molecule has 1 amide bonds. The van der Waals surface area contributed by atoms with Crippen molar-refractivity contribution in [2.24, 2.45) is 0 Å². The van der Waals surface area contributed by atoms with Crippen molar-refractivity contribution in [3.05, 3.63) is 82.2 Å². The molecule has 218 valence electrons. The van der Waals surface area contributed by atoms with E-state index in [0.29, 0.717) is 30.8 Å². The Labute approximate surface area is 236 Å². The Hall–Kier alpha value is -4.15. The number of aryl methyl sites for hydroxylation is 3. The summed E-state index contributed by atoms with van der Waals surface area (Å²) in [7, 11) is 1.29. The zero-order valence-electron chi connectivity index (χ0n) is 23.0. The highest BCUT2D eigenvalue weighted by Gasteiger charge is 2.35. The number of piperidine rings is 1. The third-order valence-corrected chi connectivity index (χ3v) is 7.48. The average Bonchev–Trinajstić information content (AvgIpc) is 2.96. The lowest BCUT2D eigenvalue weighted by atomic mass is 9.88. The van der Waals surface area contributed by atoms with Crippen LogP contribution in [0.5, 0.6) is 0 Å². The number of esters is 1. The first-order chi connectivity index (χ1) is 19.6. The molecular formula is C30H33F3N4O4. The standard InChI is InChI=1S/C30H33F3N4O4/c1-3-19-16-23(21-12-14-37(15-13-21)29(39)40)9-10-25(19)35-28-34-18-24(30(31,32)33)26(36-28)11-8-20-6-4-5-7-22(20)17-27(38)41-2/h4-7,9-10,16,18,21H,3,8,11-15,17H2,1-2H3,(H,39,40)(H,34,35,36). The molecule has 1 aliphatic heterocycles. The number of nitrogens with zero attached hydrogens (tertiary/aromatic N) is 3. The lowest BCUT2D eigenvalue weighted by Gasteiger charge is -2.30. The van der Waals surface area contributed by atoms with E-state index < -0.39 is 23.8 Å². The lowest BCUT2D eigenvalue weighted by Crippen LogP contribution is -2.36. The number of halogens is 3. The highest BCUT2D eigenvalue weighted by molar-refractivity contribution is 5.73. The van der Waals surface area contributed by atoms with Gasteiger partial charge in [-0.15, -0.1) is 0 Å². The van der Waals surface area contributed by atoms with Crippen LogP contribution in [0.2, 0.25) is 0 Å². The Balaban J connectivity index is 1.54. The van der Waals surface area contributed by atoms with Crippen molar-refractivity contribution in [3.8, 4) is 0 Å². The molecule has 11 heteroatoms. The second-order valence-electron chi connectivity index (χ2n) is 10.0. The van der Waals surface area contributed by atoms with Crippen molar-refractivity contribution in [2.75, 3.05) is 25.5 Å². The lowest BCUT2D eigenvalue weighted by molar-refractivity contribution is -0.140. The predicted molar refractivity (Wildman–Crippen MR) is 147 cm³/mol. The number of alkyl halides is 3. The first kappa shape index (κ1) is 29.8. The number of nitrogens with one attached hydrogen (secondary N) is 1. The van der Waals surface area contributed by atoms with Gasteiger partial charge in [-0.05, 0) is 66.3 Å². The molecule has 0 aliphatic carbocycles. The van der Waals surface area contributed by atoms with Crippen LogP contribution in [-0.4, -0.2) is 52.2 Å². The van der Waals surface area contributed by atoms with E-state index in [2.05, 4.69) is 21.4 Å². The van der Waals surface area contributed by atoms with Gasteiger partial charge in [0.15, 0.2) is 0 Å². The summed E-state index contributed by atoms with van der Waals surface area (Å²) in [6.07, 6.45) is -2.29. The number of methoxy groups -OCH3 is 1. The van der Waals surface area contributed by atoms with Crippen molar-refractivity contribution in [2.45, 2.75) is 57.5 Å². The number of carboxylic acid groups (broad SMARTS) is 1. The molecule has 8 nitrogen and oxygen atoms in total. The predicted octanol–water partition coefficient (Wildman–Crippen LogP) is 6.16. The third kappa shape index (κ3) is 7.53. The number of ether oxygens (including phenoxy) is 1. The number of hydrogen-bond acceptors (Lipinski definition) is 6. The minimum Gasteiger partial charge on any atom is -0.469 e. The van der Waals surface area contributed by atoms with Gasteiger partial charge in [0.25, 0.3) is 0 Å². The Bertz CT molecular complexity index is 1390. The molecule has 3 aromatic rings. The van der Waals surface area contributed by atoms with Crippen molar-refractivity contribution in [1.82, 2.24) is 14.9 Å². The summed E-state index contributed by atoms with van der Waals surface area (Å²) in [6.45, 7) is 2.95. The monoisotopic (exact) mass is 570 g/mol. The fourth-order valence-corrected chi connectivity index (χ4v) is 5.17. The van der Waals surface area contributed by atoms with Crippen LogP contribution < -0.4 is 5.32 Å². The van der Waals surface area contributed by atoms with Crippen LogP contribution in [0.15, 0.2) is 48.7 Å². The normalized spacial score (nSPS) is 14.1. The first-order valence-electron chi connectivity index (χ1n) is 13.5. The summed E-state index contributed by atoms with van der Waals surface area (Å²) in [5.74, 6) is -0.126. The molecule has 41 heavy (non-hydrogen) atoms. The molecule has 0 unspecified atom stereocenters. The van der Waals surface area contributed by atoms with Crippen molar-refractivity contribution in [1.29, 1.82) is 0 Å². The van der Waals surface area contributed by atoms with Crippen molar-refractivity contribution < 1.29 is 32.6 Å². The van der Waals surface area contributed by atoms with E-state index in [9.17, 15) is 27.9 Å². The van der Waals surface area contributed by atoms with Crippen LogP contribution >= 0.6 is 0 Å². The molecule has 1 aromatic heterocycles. The maximum absolute atomic E-state index is 13.8. The number of anilines is 2. The van der Waals surface area contributed by atoms with Crippen LogP contribution in [0.25, 0.3) is 0 Å². The van der Waals surface area contributed by atoms with Crippen LogP contribution in [0.3, 0.4) is 0 Å². The zero-order chi connectivity index (χ0) is 29.6. The van der Waals surface area contributed by atoms with E-state index in [0.717, 1.165) is 35.7 Å². The van der Waals surface area contributed by atoms with Crippen molar-refractivity contribution >= 4 is 23.7 Å². The topological polar surface area (TPSA) is 105 Å². The quantitative estimate of drug-likeness (QED) is 0.297. The van der Waals surface area contributed by atoms with Gasteiger partial charge in [-0.3, -0.25) is 4.79 Å². The molecule has 1 aliphatic rings. The number of amides is 1. The molecule has 0 spiro atoms. The Kier molecular flexibility index (Phi) is 9.46. The van der Waals surface area contributed by atoms with Gasteiger partial charge in [0, 0.05) is 25.0 Å². The average molecular weight is 571 g/mol.